The third kappa shape index (κ3) is 4.32. The molecule has 0 heterocycles. The number of benzene rings is 1. The largest absolute Gasteiger partial charge is 0.293 e. The minimum absolute atomic E-state index is 0.138. The molecule has 0 aliphatic heterocycles. The molecule has 19 heavy (non-hydrogen) atoms. The molecule has 0 radical (unpaired) electrons. The highest BCUT2D eigenvalue weighted by atomic mass is 35.5. The topological polar surface area (TPSA) is 51.2 Å². The summed E-state index contributed by atoms with van der Waals surface area (Å²) in [4.78, 5) is 11.9. The van der Waals surface area contributed by atoms with Gasteiger partial charge in [-0.2, -0.15) is 0 Å². The molecule has 2 rings (SSSR count). The number of carbonyl (C=O) groups is 1. The highest BCUT2D eigenvalue weighted by Crippen LogP contribution is 2.26. The van der Waals surface area contributed by atoms with Crippen molar-refractivity contribution in [1.29, 1.82) is 0 Å². The summed E-state index contributed by atoms with van der Waals surface area (Å²) in [6, 6.07) is 6.42. The number of rotatable bonds is 5. The maximum Gasteiger partial charge on any atom is 0.177 e. The van der Waals surface area contributed by atoms with Crippen LogP contribution in [0.25, 0.3) is 0 Å². The Balaban J connectivity index is 2.01. The van der Waals surface area contributed by atoms with Gasteiger partial charge in [-0.25, -0.2) is 8.42 Å². The number of ketones is 1. The Morgan fingerprint density at radius 1 is 1.26 bits per heavy atom. The van der Waals surface area contributed by atoms with Crippen LogP contribution in [0.1, 0.15) is 36.0 Å². The molecule has 1 aliphatic rings. The lowest BCUT2D eigenvalue weighted by atomic mass is 10.1. The molecule has 104 valence electrons. The number of sulfone groups is 1. The molecule has 0 N–H and O–H groups in total. The van der Waals surface area contributed by atoms with Crippen molar-refractivity contribution in [1.82, 2.24) is 0 Å². The maximum absolute atomic E-state index is 12.0. The van der Waals surface area contributed by atoms with Gasteiger partial charge in [-0.15, -0.1) is 0 Å². The van der Waals surface area contributed by atoms with Crippen LogP contribution in [0.3, 0.4) is 0 Å². The Labute approximate surface area is 118 Å². The standard InChI is InChI=1S/C14H17ClO3S/c15-13-7-3-6-12(8-13)14(16)10-19(17,18)9-11-4-1-2-5-11/h3,6-8,11H,1-2,4-5,9-10H2. The van der Waals surface area contributed by atoms with Crippen molar-refractivity contribution in [2.45, 2.75) is 25.7 Å². The van der Waals surface area contributed by atoms with E-state index in [1.165, 1.54) is 6.07 Å². The molecule has 3 nitrogen and oxygen atoms in total. The molecule has 1 aromatic carbocycles. The molecule has 0 atom stereocenters. The van der Waals surface area contributed by atoms with Gasteiger partial charge in [-0.3, -0.25) is 4.79 Å². The van der Waals surface area contributed by atoms with Crippen LogP contribution in [0.2, 0.25) is 5.02 Å². The number of hydrogen-bond donors (Lipinski definition) is 0. The zero-order chi connectivity index (χ0) is 13.9. The van der Waals surface area contributed by atoms with Gasteiger partial charge in [0.05, 0.1) is 5.75 Å². The Bertz CT molecular complexity index is 560. The molecule has 5 heteroatoms. The number of halogens is 1. The Kier molecular flexibility index (Phi) is 4.63. The summed E-state index contributed by atoms with van der Waals surface area (Å²) in [6.07, 6.45) is 4.13. The molecule has 1 aromatic rings. The summed E-state index contributed by atoms with van der Waals surface area (Å²) in [7, 11) is -3.32. The Morgan fingerprint density at radius 2 is 1.95 bits per heavy atom. The SMILES string of the molecule is O=C(CS(=O)(=O)CC1CCCC1)c1cccc(Cl)c1. The lowest BCUT2D eigenvalue weighted by Gasteiger charge is -2.09. The minimum atomic E-state index is -3.32. The molecular weight excluding hydrogens is 284 g/mol. The minimum Gasteiger partial charge on any atom is -0.293 e. The molecule has 0 aromatic heterocycles. The average Bonchev–Trinajstić information content (AvgIpc) is 2.80. The monoisotopic (exact) mass is 300 g/mol. The van der Waals surface area contributed by atoms with Gasteiger partial charge in [-0.05, 0) is 30.9 Å². The van der Waals surface area contributed by atoms with Crippen molar-refractivity contribution in [3.8, 4) is 0 Å². The van der Waals surface area contributed by atoms with Gasteiger partial charge < -0.3 is 0 Å². The highest BCUT2D eigenvalue weighted by molar-refractivity contribution is 7.92. The number of carbonyl (C=O) groups excluding carboxylic acids is 1. The van der Waals surface area contributed by atoms with Crippen LogP contribution in [0.15, 0.2) is 24.3 Å². The van der Waals surface area contributed by atoms with Gasteiger partial charge in [0.1, 0.15) is 5.75 Å². The van der Waals surface area contributed by atoms with Crippen LogP contribution in [-0.4, -0.2) is 25.7 Å². The third-order valence-electron chi connectivity index (χ3n) is 3.46. The van der Waals surface area contributed by atoms with Crippen molar-refractivity contribution < 1.29 is 13.2 Å². The number of Topliss-reactive ketones (excluding diaryl/α,β-unsaturated/α-hetero) is 1. The zero-order valence-electron chi connectivity index (χ0n) is 10.6. The van der Waals surface area contributed by atoms with E-state index in [9.17, 15) is 13.2 Å². The quantitative estimate of drug-likeness (QED) is 0.785. The normalized spacial score (nSPS) is 16.7. The van der Waals surface area contributed by atoms with E-state index in [-0.39, 0.29) is 17.5 Å². The summed E-state index contributed by atoms with van der Waals surface area (Å²) in [5.41, 5.74) is 0.363. The number of hydrogen-bond acceptors (Lipinski definition) is 3. The molecule has 1 saturated carbocycles. The van der Waals surface area contributed by atoms with Crippen LogP contribution in [0.5, 0.6) is 0 Å². The van der Waals surface area contributed by atoms with Crippen molar-refractivity contribution in [2.75, 3.05) is 11.5 Å². The summed E-state index contributed by atoms with van der Waals surface area (Å²) in [5.74, 6) is -0.416. The van der Waals surface area contributed by atoms with E-state index in [4.69, 9.17) is 11.6 Å². The summed E-state index contributed by atoms with van der Waals surface area (Å²) in [5, 5.41) is 0.444. The van der Waals surface area contributed by atoms with Crippen LogP contribution in [0.4, 0.5) is 0 Å². The van der Waals surface area contributed by atoms with E-state index in [0.717, 1.165) is 25.7 Å². The first-order valence-corrected chi connectivity index (χ1v) is 8.65. The first-order chi connectivity index (χ1) is 8.96. The predicted octanol–water partition coefficient (Wildman–Crippen LogP) is 3.13. The smallest absolute Gasteiger partial charge is 0.177 e. The molecule has 0 amide bonds. The molecule has 0 saturated heterocycles. The first-order valence-electron chi connectivity index (χ1n) is 6.45. The summed E-state index contributed by atoms with van der Waals surface area (Å²) < 4.78 is 24.0. The van der Waals surface area contributed by atoms with Gasteiger partial charge in [0, 0.05) is 10.6 Å². The molecule has 0 spiro atoms. The molecular formula is C14H17ClO3S. The van der Waals surface area contributed by atoms with Crippen molar-refractivity contribution in [2.24, 2.45) is 5.92 Å². The van der Waals surface area contributed by atoms with E-state index in [2.05, 4.69) is 0 Å². The van der Waals surface area contributed by atoms with E-state index in [1.807, 2.05) is 0 Å². The van der Waals surface area contributed by atoms with Crippen molar-refractivity contribution >= 4 is 27.2 Å². The van der Waals surface area contributed by atoms with Gasteiger partial charge in [0.2, 0.25) is 0 Å². The Hall–Kier alpha value is -0.870. The highest BCUT2D eigenvalue weighted by Gasteiger charge is 2.25. The fourth-order valence-electron chi connectivity index (χ4n) is 2.54. The van der Waals surface area contributed by atoms with E-state index < -0.39 is 15.6 Å². The molecule has 0 unspecified atom stereocenters. The lowest BCUT2D eigenvalue weighted by Crippen LogP contribution is -2.22. The second-order valence-corrected chi connectivity index (χ2v) is 7.68. The van der Waals surface area contributed by atoms with Gasteiger partial charge in [0.25, 0.3) is 0 Å². The van der Waals surface area contributed by atoms with Gasteiger partial charge in [-0.1, -0.05) is 36.6 Å². The molecule has 1 aliphatic carbocycles. The van der Waals surface area contributed by atoms with Crippen molar-refractivity contribution in [3.05, 3.63) is 34.9 Å². The van der Waals surface area contributed by atoms with E-state index in [0.29, 0.717) is 10.6 Å². The van der Waals surface area contributed by atoms with Crippen LogP contribution in [0, 0.1) is 5.92 Å². The second kappa shape index (κ2) is 6.06. The average molecular weight is 301 g/mol. The van der Waals surface area contributed by atoms with Crippen molar-refractivity contribution in [3.63, 3.8) is 0 Å². The van der Waals surface area contributed by atoms with Crippen LogP contribution in [-0.2, 0) is 9.84 Å². The predicted molar refractivity (Wildman–Crippen MR) is 76.4 cm³/mol. The van der Waals surface area contributed by atoms with Gasteiger partial charge >= 0.3 is 0 Å². The zero-order valence-corrected chi connectivity index (χ0v) is 12.2. The van der Waals surface area contributed by atoms with Crippen LogP contribution < -0.4 is 0 Å². The first kappa shape index (κ1) is 14.5. The molecule has 0 bridgehead atoms. The second-order valence-electron chi connectivity index (χ2n) is 5.14. The molecule has 1 fully saturated rings. The maximum atomic E-state index is 12.0. The van der Waals surface area contributed by atoms with Gasteiger partial charge in [0.15, 0.2) is 15.6 Å². The summed E-state index contributed by atoms with van der Waals surface area (Å²) >= 11 is 5.80. The van der Waals surface area contributed by atoms with E-state index in [1.54, 1.807) is 18.2 Å². The Morgan fingerprint density at radius 3 is 2.58 bits per heavy atom. The fraction of sp³-hybridized carbons (Fsp3) is 0.500. The lowest BCUT2D eigenvalue weighted by molar-refractivity contribution is 0.102. The summed E-state index contributed by atoms with van der Waals surface area (Å²) in [6.45, 7) is 0. The fourth-order valence-corrected chi connectivity index (χ4v) is 4.47. The van der Waals surface area contributed by atoms with E-state index >= 15 is 0 Å². The van der Waals surface area contributed by atoms with Crippen LogP contribution >= 0.6 is 11.6 Å². The third-order valence-corrected chi connectivity index (χ3v) is 5.38.